The molecule has 1 saturated heterocycles. The van der Waals surface area contributed by atoms with Gasteiger partial charge in [0, 0.05) is 6.61 Å². The van der Waals surface area contributed by atoms with Crippen molar-refractivity contribution in [1.29, 1.82) is 0 Å². The van der Waals surface area contributed by atoms with Crippen LogP contribution in [0.15, 0.2) is 0 Å². The molecule has 1 fully saturated rings. The largest absolute Gasteiger partial charge is 0.388 e. The van der Waals surface area contributed by atoms with Crippen LogP contribution in [0.2, 0.25) is 0 Å². The minimum atomic E-state index is -1.95. The molecule has 16 heavy (non-hydrogen) atoms. The van der Waals surface area contributed by atoms with Crippen LogP contribution in [0, 0.1) is 5.92 Å². The highest BCUT2D eigenvalue weighted by molar-refractivity contribution is 4.91. The molecule has 0 aromatic heterocycles. The summed E-state index contributed by atoms with van der Waals surface area (Å²) < 4.78 is 10.1. The van der Waals surface area contributed by atoms with E-state index in [4.69, 9.17) is 9.47 Å². The van der Waals surface area contributed by atoms with Gasteiger partial charge >= 0.3 is 0 Å². The van der Waals surface area contributed by atoms with Crippen LogP contribution in [0.3, 0.4) is 0 Å². The van der Waals surface area contributed by atoms with E-state index in [0.717, 1.165) is 0 Å². The van der Waals surface area contributed by atoms with Gasteiger partial charge in [0.15, 0.2) is 0 Å². The highest BCUT2D eigenvalue weighted by atomic mass is 16.7. The van der Waals surface area contributed by atoms with E-state index in [0.29, 0.717) is 12.5 Å². The van der Waals surface area contributed by atoms with Crippen molar-refractivity contribution >= 4 is 0 Å². The Balaban J connectivity index is 2.49. The van der Waals surface area contributed by atoms with Crippen LogP contribution < -0.4 is 0 Å². The second-order valence-corrected chi connectivity index (χ2v) is 4.57. The van der Waals surface area contributed by atoms with E-state index in [2.05, 4.69) is 0 Å². The molecule has 0 spiro atoms. The summed E-state index contributed by atoms with van der Waals surface area (Å²) in [6, 6.07) is 0. The molecule has 6 nitrogen and oxygen atoms in total. The third-order valence-electron chi connectivity index (χ3n) is 2.44. The highest BCUT2D eigenvalue weighted by Gasteiger charge is 2.48. The van der Waals surface area contributed by atoms with Crippen LogP contribution in [0.4, 0.5) is 0 Å². The van der Waals surface area contributed by atoms with E-state index in [9.17, 15) is 20.4 Å². The van der Waals surface area contributed by atoms with Crippen molar-refractivity contribution in [2.24, 2.45) is 5.92 Å². The lowest BCUT2D eigenvalue weighted by atomic mass is 9.97. The minimum absolute atomic E-state index is 0.236. The molecule has 4 N–H and O–H groups in total. The van der Waals surface area contributed by atoms with E-state index in [1.54, 1.807) is 0 Å². The molecule has 6 heteroatoms. The number of hydrogen-bond donors (Lipinski definition) is 4. The van der Waals surface area contributed by atoms with Crippen molar-refractivity contribution in [1.82, 2.24) is 0 Å². The molecule has 1 heterocycles. The average Bonchev–Trinajstić information content (AvgIpc) is 2.21. The molecule has 1 aliphatic heterocycles. The fourth-order valence-electron chi connectivity index (χ4n) is 1.46. The molecule has 96 valence electrons. The maximum Gasteiger partial charge on any atom is 0.219 e. The second-order valence-electron chi connectivity index (χ2n) is 4.57. The SMILES string of the molecule is CC(C)COC[C@@]1(O)OC[C@@H](O)[C@@H](O)[C@@H]1O. The number of ether oxygens (including phenoxy) is 2. The van der Waals surface area contributed by atoms with E-state index < -0.39 is 24.1 Å². The van der Waals surface area contributed by atoms with Gasteiger partial charge in [0.05, 0.1) is 6.61 Å². The maximum absolute atomic E-state index is 9.87. The Morgan fingerprint density at radius 2 is 2.00 bits per heavy atom. The Labute approximate surface area is 94.4 Å². The van der Waals surface area contributed by atoms with Crippen molar-refractivity contribution in [3.8, 4) is 0 Å². The number of aliphatic hydroxyl groups excluding tert-OH is 3. The van der Waals surface area contributed by atoms with Crippen LogP contribution in [-0.2, 0) is 9.47 Å². The van der Waals surface area contributed by atoms with Crippen molar-refractivity contribution in [3.63, 3.8) is 0 Å². The molecule has 0 aliphatic carbocycles. The molecule has 0 aromatic rings. The second kappa shape index (κ2) is 5.39. The van der Waals surface area contributed by atoms with E-state index in [1.807, 2.05) is 13.8 Å². The number of rotatable bonds is 4. The van der Waals surface area contributed by atoms with E-state index in [-0.39, 0.29) is 13.2 Å². The molecular formula is C10H20O6. The molecule has 0 bridgehead atoms. The Hall–Kier alpha value is -0.240. The van der Waals surface area contributed by atoms with Gasteiger partial charge in [0.25, 0.3) is 0 Å². The van der Waals surface area contributed by atoms with E-state index >= 15 is 0 Å². The van der Waals surface area contributed by atoms with Gasteiger partial charge in [0.1, 0.15) is 24.9 Å². The van der Waals surface area contributed by atoms with Gasteiger partial charge in [-0.05, 0) is 5.92 Å². The smallest absolute Gasteiger partial charge is 0.219 e. The zero-order valence-corrected chi connectivity index (χ0v) is 9.54. The molecule has 1 rings (SSSR count). The molecule has 0 radical (unpaired) electrons. The monoisotopic (exact) mass is 236 g/mol. The highest BCUT2D eigenvalue weighted by Crippen LogP contribution is 2.24. The summed E-state index contributed by atoms with van der Waals surface area (Å²) in [4.78, 5) is 0. The summed E-state index contributed by atoms with van der Waals surface area (Å²) in [5.41, 5.74) is 0. The van der Waals surface area contributed by atoms with Crippen molar-refractivity contribution in [2.75, 3.05) is 19.8 Å². The first-order valence-electron chi connectivity index (χ1n) is 5.35. The van der Waals surface area contributed by atoms with Gasteiger partial charge in [-0.3, -0.25) is 0 Å². The zero-order valence-electron chi connectivity index (χ0n) is 9.54. The normalized spacial score (nSPS) is 40.3. The van der Waals surface area contributed by atoms with Crippen LogP contribution in [0.5, 0.6) is 0 Å². The van der Waals surface area contributed by atoms with Gasteiger partial charge in [-0.2, -0.15) is 0 Å². The fourth-order valence-corrected chi connectivity index (χ4v) is 1.46. The molecule has 1 aliphatic rings. The summed E-state index contributed by atoms with van der Waals surface area (Å²) in [6.45, 7) is 3.83. The molecule has 0 amide bonds. The van der Waals surface area contributed by atoms with E-state index in [1.165, 1.54) is 0 Å². The predicted molar refractivity (Wildman–Crippen MR) is 54.6 cm³/mol. The Bertz CT molecular complexity index is 221. The van der Waals surface area contributed by atoms with Crippen molar-refractivity contribution in [3.05, 3.63) is 0 Å². The predicted octanol–water partition coefficient (Wildman–Crippen LogP) is -1.54. The first kappa shape index (κ1) is 13.8. The first-order chi connectivity index (χ1) is 7.37. The molecule has 0 saturated carbocycles. The number of hydrogen-bond acceptors (Lipinski definition) is 6. The Morgan fingerprint density at radius 1 is 1.38 bits per heavy atom. The zero-order chi connectivity index (χ0) is 12.3. The van der Waals surface area contributed by atoms with Crippen molar-refractivity contribution < 1.29 is 29.9 Å². The summed E-state index contributed by atoms with van der Waals surface area (Å²) in [5.74, 6) is -1.66. The lowest BCUT2D eigenvalue weighted by Gasteiger charge is -2.41. The summed E-state index contributed by atoms with van der Waals surface area (Å²) in [6.07, 6.45) is -4.20. The van der Waals surface area contributed by atoms with Crippen molar-refractivity contribution in [2.45, 2.75) is 37.9 Å². The Kier molecular flexibility index (Phi) is 4.66. The molecule has 0 aromatic carbocycles. The third-order valence-corrected chi connectivity index (χ3v) is 2.44. The molecule has 4 atom stereocenters. The standard InChI is InChI=1S/C10H20O6/c1-6(2)3-15-5-10(14)9(13)8(12)7(11)4-16-10/h6-9,11-14H,3-5H2,1-2H3/t7-,8-,9+,10-/m1/s1. The quantitative estimate of drug-likeness (QED) is 0.472. The minimum Gasteiger partial charge on any atom is -0.388 e. The van der Waals surface area contributed by atoms with Gasteiger partial charge in [-0.1, -0.05) is 13.8 Å². The molecular weight excluding hydrogens is 216 g/mol. The Morgan fingerprint density at radius 3 is 2.56 bits per heavy atom. The van der Waals surface area contributed by atoms with Crippen LogP contribution >= 0.6 is 0 Å². The first-order valence-corrected chi connectivity index (χ1v) is 5.35. The van der Waals surface area contributed by atoms with Gasteiger partial charge in [-0.25, -0.2) is 0 Å². The van der Waals surface area contributed by atoms with Crippen LogP contribution in [0.25, 0.3) is 0 Å². The average molecular weight is 236 g/mol. The number of aliphatic hydroxyl groups is 4. The summed E-state index contributed by atoms with van der Waals surface area (Å²) >= 11 is 0. The lowest BCUT2D eigenvalue weighted by Crippen LogP contribution is -2.62. The van der Waals surface area contributed by atoms with Gasteiger partial charge in [0.2, 0.25) is 5.79 Å². The topological polar surface area (TPSA) is 99.4 Å². The maximum atomic E-state index is 9.87. The third kappa shape index (κ3) is 3.13. The molecule has 0 unspecified atom stereocenters. The summed E-state index contributed by atoms with van der Waals surface area (Å²) in [7, 11) is 0. The lowest BCUT2D eigenvalue weighted by molar-refractivity contribution is -0.335. The summed E-state index contributed by atoms with van der Waals surface area (Å²) in [5, 5.41) is 38.0. The fraction of sp³-hybridized carbons (Fsp3) is 1.00. The van der Waals surface area contributed by atoms with Gasteiger partial charge < -0.3 is 29.9 Å². The van der Waals surface area contributed by atoms with Crippen LogP contribution in [-0.4, -0.2) is 64.3 Å². The van der Waals surface area contributed by atoms with Gasteiger partial charge in [-0.15, -0.1) is 0 Å². The van der Waals surface area contributed by atoms with Crippen LogP contribution in [0.1, 0.15) is 13.8 Å².